The monoisotopic (exact) mass is 590 g/mol. The minimum absolute atomic E-state index is 0.00609. The first kappa shape index (κ1) is 28.4. The maximum atomic E-state index is 15.5. The minimum atomic E-state index is -1.12. The number of benzene rings is 1. The van der Waals surface area contributed by atoms with Crippen molar-refractivity contribution < 1.29 is 42.9 Å². The van der Waals surface area contributed by atoms with Crippen molar-refractivity contribution in [3.63, 3.8) is 0 Å². The molecule has 1 atom stereocenters. The maximum absolute atomic E-state index is 15.5. The van der Waals surface area contributed by atoms with Crippen LogP contribution in [0.2, 0.25) is 5.02 Å². The van der Waals surface area contributed by atoms with Crippen LogP contribution >= 0.6 is 11.6 Å². The molecule has 41 heavy (non-hydrogen) atoms. The van der Waals surface area contributed by atoms with Gasteiger partial charge in [-0.15, -0.1) is 0 Å². The number of rotatable bonds is 3. The average Bonchev–Trinajstić information content (AvgIpc) is 3.25. The molecule has 0 spiro atoms. The first-order valence-corrected chi connectivity index (χ1v) is 13.4. The number of hydrogen-bond acceptors (Lipinski definition) is 8. The van der Waals surface area contributed by atoms with Crippen LogP contribution in [0.5, 0.6) is 11.5 Å². The Bertz CT molecular complexity index is 1450. The lowest BCUT2D eigenvalue weighted by Gasteiger charge is -2.38. The maximum Gasteiger partial charge on any atom is 0.514 e. The molecule has 0 saturated carbocycles. The standard InChI is InChI=1S/C27H28ClFN4O8/c1-27(2,3)41-26(38)40-16-7-4-6-15(29)18(16)21-20(28)22-19(23(30-21)33-9-5-8-17(33)34)24(35)32-11-10-31(25(36)37)12-14(32)13-39-22/h4,6-7,14H,5,8-13H2,1-3H3,(H,36,37)/t14-/m1/s1. The molecular weight excluding hydrogens is 563 g/mol. The number of carbonyl (C=O) groups is 4. The van der Waals surface area contributed by atoms with Gasteiger partial charge in [-0.1, -0.05) is 17.7 Å². The van der Waals surface area contributed by atoms with Gasteiger partial charge in [-0.2, -0.15) is 0 Å². The van der Waals surface area contributed by atoms with E-state index in [1.807, 2.05) is 0 Å². The van der Waals surface area contributed by atoms with E-state index in [4.69, 9.17) is 25.8 Å². The van der Waals surface area contributed by atoms with Gasteiger partial charge >= 0.3 is 12.2 Å². The number of aromatic nitrogens is 1. The Morgan fingerprint density at radius 1 is 1.17 bits per heavy atom. The number of pyridine rings is 1. The molecule has 3 aliphatic heterocycles. The van der Waals surface area contributed by atoms with Crippen molar-refractivity contribution in [2.75, 3.05) is 37.7 Å². The summed E-state index contributed by atoms with van der Waals surface area (Å²) in [5.41, 5.74) is -1.47. The second-order valence-corrected chi connectivity index (χ2v) is 11.2. The van der Waals surface area contributed by atoms with Crippen molar-refractivity contribution in [3.05, 3.63) is 34.6 Å². The topological polar surface area (TPSA) is 139 Å². The molecule has 0 radical (unpaired) electrons. The summed E-state index contributed by atoms with van der Waals surface area (Å²) in [5, 5.41) is 9.23. The van der Waals surface area contributed by atoms with Crippen LogP contribution in [-0.2, 0) is 9.53 Å². The molecule has 0 bridgehead atoms. The lowest BCUT2D eigenvalue weighted by molar-refractivity contribution is -0.117. The van der Waals surface area contributed by atoms with Crippen LogP contribution < -0.4 is 14.4 Å². The highest BCUT2D eigenvalue weighted by Gasteiger charge is 2.42. The molecule has 1 aromatic heterocycles. The number of nitrogens with zero attached hydrogens (tertiary/aromatic N) is 4. The largest absolute Gasteiger partial charge is 0.514 e. The number of hydrogen-bond donors (Lipinski definition) is 1. The summed E-state index contributed by atoms with van der Waals surface area (Å²) in [6.45, 7) is 5.25. The van der Waals surface area contributed by atoms with Crippen molar-refractivity contribution in [1.29, 1.82) is 0 Å². The number of amides is 3. The Kier molecular flexibility index (Phi) is 7.41. The van der Waals surface area contributed by atoms with Gasteiger partial charge < -0.3 is 29.1 Å². The summed E-state index contributed by atoms with van der Waals surface area (Å²) in [6, 6.07) is 3.14. The molecule has 3 aliphatic rings. The van der Waals surface area contributed by atoms with Gasteiger partial charge in [-0.25, -0.2) is 19.0 Å². The fraction of sp³-hybridized carbons (Fsp3) is 0.444. The van der Waals surface area contributed by atoms with Crippen molar-refractivity contribution in [1.82, 2.24) is 14.8 Å². The predicted octanol–water partition coefficient (Wildman–Crippen LogP) is 4.18. The first-order chi connectivity index (χ1) is 19.4. The third-order valence-electron chi connectivity index (χ3n) is 6.85. The number of piperazine rings is 1. The fourth-order valence-corrected chi connectivity index (χ4v) is 5.32. The van der Waals surface area contributed by atoms with Gasteiger partial charge in [-0.05, 0) is 39.3 Å². The summed E-state index contributed by atoms with van der Waals surface area (Å²) in [6.07, 6.45) is -1.48. The molecule has 5 rings (SSSR count). The summed E-state index contributed by atoms with van der Waals surface area (Å²) >= 11 is 6.77. The van der Waals surface area contributed by atoms with E-state index >= 15 is 4.39 Å². The van der Waals surface area contributed by atoms with Crippen LogP contribution in [0.25, 0.3) is 11.3 Å². The van der Waals surface area contributed by atoms with E-state index in [0.717, 1.165) is 6.07 Å². The lowest BCUT2D eigenvalue weighted by atomic mass is 10.1. The summed E-state index contributed by atoms with van der Waals surface area (Å²) < 4.78 is 32.0. The van der Waals surface area contributed by atoms with Crippen LogP contribution in [0, 0.1) is 5.82 Å². The fourth-order valence-electron chi connectivity index (χ4n) is 5.03. The number of ether oxygens (including phenoxy) is 3. The lowest BCUT2D eigenvalue weighted by Crippen LogP contribution is -2.57. The van der Waals surface area contributed by atoms with Crippen molar-refractivity contribution >= 4 is 41.5 Å². The average molecular weight is 591 g/mol. The van der Waals surface area contributed by atoms with Crippen LogP contribution in [0.1, 0.15) is 44.0 Å². The molecular formula is C27H28ClFN4O8. The Balaban J connectivity index is 1.66. The highest BCUT2D eigenvalue weighted by Crippen LogP contribution is 2.46. The molecule has 2 aromatic rings. The summed E-state index contributed by atoms with van der Waals surface area (Å²) in [5.74, 6) is -2.12. The minimum Gasteiger partial charge on any atom is -0.489 e. The molecule has 0 aliphatic carbocycles. The Labute approximate surface area is 239 Å². The zero-order valence-corrected chi connectivity index (χ0v) is 23.4. The van der Waals surface area contributed by atoms with Gasteiger partial charge in [0.05, 0.1) is 11.6 Å². The molecule has 12 nitrogen and oxygen atoms in total. The van der Waals surface area contributed by atoms with Crippen LogP contribution in [0.4, 0.5) is 19.8 Å². The Morgan fingerprint density at radius 2 is 1.93 bits per heavy atom. The van der Waals surface area contributed by atoms with Crippen LogP contribution in [0.3, 0.4) is 0 Å². The van der Waals surface area contributed by atoms with Gasteiger partial charge in [0.2, 0.25) is 5.91 Å². The molecule has 4 heterocycles. The Hall–Kier alpha value is -4.13. The number of anilines is 1. The normalized spacial score (nSPS) is 18.9. The number of fused-ring (bicyclic) bond motifs is 2. The number of carboxylic acid groups (broad SMARTS) is 1. The van der Waals surface area contributed by atoms with Crippen LogP contribution in [0.15, 0.2) is 18.2 Å². The molecule has 218 valence electrons. The van der Waals surface area contributed by atoms with E-state index in [1.165, 1.54) is 26.8 Å². The molecule has 3 amide bonds. The highest BCUT2D eigenvalue weighted by atomic mass is 35.5. The number of carbonyl (C=O) groups excluding carboxylic acids is 3. The molecule has 2 fully saturated rings. The second-order valence-electron chi connectivity index (χ2n) is 10.8. The quantitative estimate of drug-likeness (QED) is 0.412. The summed E-state index contributed by atoms with van der Waals surface area (Å²) in [4.78, 5) is 59.4. The third kappa shape index (κ3) is 5.45. The van der Waals surface area contributed by atoms with Gasteiger partial charge in [0.25, 0.3) is 5.91 Å². The molecule has 1 N–H and O–H groups in total. The van der Waals surface area contributed by atoms with E-state index in [2.05, 4.69) is 4.98 Å². The first-order valence-electron chi connectivity index (χ1n) is 13.0. The Morgan fingerprint density at radius 3 is 2.59 bits per heavy atom. The highest BCUT2D eigenvalue weighted by molar-refractivity contribution is 6.35. The predicted molar refractivity (Wildman–Crippen MR) is 143 cm³/mol. The van der Waals surface area contributed by atoms with E-state index in [1.54, 1.807) is 20.8 Å². The molecule has 0 unspecified atom stereocenters. The smallest absolute Gasteiger partial charge is 0.489 e. The SMILES string of the molecule is CC(C)(C)OC(=O)Oc1cccc(F)c1-c1nc(N2CCCC2=O)c2c(c1Cl)OC[C@H]1CN(C(=O)O)CCN1C2=O. The van der Waals surface area contributed by atoms with Crippen molar-refractivity contribution in [2.24, 2.45) is 0 Å². The van der Waals surface area contributed by atoms with E-state index in [0.29, 0.717) is 6.42 Å². The zero-order valence-electron chi connectivity index (χ0n) is 22.6. The molecule has 2 saturated heterocycles. The molecule has 1 aromatic carbocycles. The zero-order chi connectivity index (χ0) is 29.6. The van der Waals surface area contributed by atoms with Gasteiger partial charge in [0.15, 0.2) is 11.6 Å². The summed E-state index contributed by atoms with van der Waals surface area (Å²) in [7, 11) is 0. The van der Waals surface area contributed by atoms with Gasteiger partial charge in [0, 0.05) is 32.6 Å². The van der Waals surface area contributed by atoms with Crippen molar-refractivity contribution in [2.45, 2.75) is 45.3 Å². The van der Waals surface area contributed by atoms with Crippen molar-refractivity contribution in [3.8, 4) is 22.8 Å². The van der Waals surface area contributed by atoms with Gasteiger partial charge in [-0.3, -0.25) is 14.5 Å². The number of halogens is 2. The van der Waals surface area contributed by atoms with E-state index in [-0.39, 0.29) is 84.3 Å². The van der Waals surface area contributed by atoms with Gasteiger partial charge in [0.1, 0.15) is 40.1 Å². The second kappa shape index (κ2) is 10.7. The van der Waals surface area contributed by atoms with E-state index in [9.17, 15) is 24.3 Å². The van der Waals surface area contributed by atoms with Crippen LogP contribution in [-0.4, -0.2) is 88.4 Å². The molecule has 14 heteroatoms. The third-order valence-corrected chi connectivity index (χ3v) is 7.20. The van der Waals surface area contributed by atoms with E-state index < -0.39 is 35.6 Å².